The van der Waals surface area contributed by atoms with Crippen LogP contribution in [0.2, 0.25) is 0 Å². The largest absolute Gasteiger partial charge is 0.534 e. The zero-order valence-electron chi connectivity index (χ0n) is 21.5. The number of hydrogen-bond donors (Lipinski definition) is 0. The molecule has 0 bridgehead atoms. The summed E-state index contributed by atoms with van der Waals surface area (Å²) in [6, 6.07) is 33.1. The van der Waals surface area contributed by atoms with Crippen LogP contribution in [0.1, 0.15) is 27.7 Å². The minimum atomic E-state index is -0.677. The Balaban J connectivity index is 1.42. The van der Waals surface area contributed by atoms with Crippen molar-refractivity contribution in [1.82, 2.24) is 15.0 Å². The highest BCUT2D eigenvalue weighted by molar-refractivity contribution is 6.60. The molecule has 0 atom stereocenters. The van der Waals surface area contributed by atoms with Crippen molar-refractivity contribution in [2.75, 3.05) is 0 Å². The maximum Gasteiger partial charge on any atom is 0.534 e. The van der Waals surface area contributed by atoms with Crippen LogP contribution in [0.25, 0.3) is 44.7 Å². The number of benzene rings is 4. The molecule has 37 heavy (non-hydrogen) atoms. The van der Waals surface area contributed by atoms with E-state index < -0.39 is 18.3 Å². The third-order valence-electron chi connectivity index (χ3n) is 7.39. The van der Waals surface area contributed by atoms with Gasteiger partial charge in [-0.1, -0.05) is 97.1 Å². The van der Waals surface area contributed by atoms with Crippen molar-refractivity contribution in [2.24, 2.45) is 0 Å². The molecule has 0 spiro atoms. The zero-order valence-corrected chi connectivity index (χ0v) is 21.5. The van der Waals surface area contributed by atoms with Gasteiger partial charge < -0.3 is 9.31 Å². The second-order valence-corrected chi connectivity index (χ2v) is 10.4. The van der Waals surface area contributed by atoms with Crippen LogP contribution in [0.4, 0.5) is 0 Å². The Kier molecular flexibility index (Phi) is 5.66. The Hall–Kier alpha value is -3.87. The fourth-order valence-corrected chi connectivity index (χ4v) is 4.57. The molecule has 1 saturated heterocycles. The molecule has 5 nitrogen and oxygen atoms in total. The van der Waals surface area contributed by atoms with Gasteiger partial charge in [-0.3, -0.25) is 0 Å². The van der Waals surface area contributed by atoms with Gasteiger partial charge >= 0.3 is 7.12 Å². The first kappa shape index (κ1) is 23.5. The Morgan fingerprint density at radius 3 is 1.76 bits per heavy atom. The van der Waals surface area contributed by atoms with Crippen molar-refractivity contribution in [3.05, 3.63) is 97.1 Å². The van der Waals surface area contributed by atoms with Crippen LogP contribution in [0, 0.1) is 0 Å². The summed E-state index contributed by atoms with van der Waals surface area (Å²) >= 11 is 0. The summed E-state index contributed by atoms with van der Waals surface area (Å²) in [6.07, 6.45) is 0. The molecule has 1 aliphatic rings. The van der Waals surface area contributed by atoms with Gasteiger partial charge in [0, 0.05) is 11.1 Å². The lowest BCUT2D eigenvalue weighted by molar-refractivity contribution is 0.00578. The van der Waals surface area contributed by atoms with Crippen LogP contribution in [-0.4, -0.2) is 33.3 Å². The number of nitrogens with zero attached hydrogens (tertiary/aromatic N) is 3. The molecule has 182 valence electrons. The molecule has 6 rings (SSSR count). The van der Waals surface area contributed by atoms with Crippen molar-refractivity contribution in [3.8, 4) is 33.9 Å². The van der Waals surface area contributed by atoms with E-state index in [-0.39, 0.29) is 0 Å². The van der Waals surface area contributed by atoms with Crippen molar-refractivity contribution >= 4 is 23.6 Å². The fourth-order valence-electron chi connectivity index (χ4n) is 4.57. The first-order chi connectivity index (χ1) is 17.8. The highest BCUT2D eigenvalue weighted by atomic mass is 16.7. The zero-order chi connectivity index (χ0) is 25.6. The van der Waals surface area contributed by atoms with Crippen molar-refractivity contribution in [3.63, 3.8) is 0 Å². The average molecular weight is 485 g/mol. The van der Waals surface area contributed by atoms with E-state index in [1.807, 2.05) is 58.0 Å². The van der Waals surface area contributed by atoms with Gasteiger partial charge in [0.1, 0.15) is 0 Å². The molecule has 5 aromatic rings. The van der Waals surface area contributed by atoms with Gasteiger partial charge in [-0.25, -0.2) is 15.0 Å². The normalized spacial score (nSPS) is 16.3. The Morgan fingerprint density at radius 1 is 0.541 bits per heavy atom. The molecule has 2 heterocycles. The summed E-state index contributed by atoms with van der Waals surface area (Å²) in [4.78, 5) is 14.4. The predicted molar refractivity (Wildman–Crippen MR) is 149 cm³/mol. The maximum atomic E-state index is 6.27. The summed E-state index contributed by atoms with van der Waals surface area (Å²) in [5.74, 6) is 1.18. The predicted octanol–water partition coefficient (Wildman–Crippen LogP) is 6.33. The van der Waals surface area contributed by atoms with Gasteiger partial charge in [-0.15, -0.1) is 0 Å². The van der Waals surface area contributed by atoms with E-state index >= 15 is 0 Å². The maximum absolute atomic E-state index is 6.27. The Bertz CT molecular complexity index is 1560. The molecular formula is C31H28BN3O2. The number of fused-ring (bicyclic) bond motifs is 1. The SMILES string of the molecule is CC1(C)OB(c2nc(-c3ccccc3)nc(-c3ccc(-c4cccc5ccccc45)cc3)n2)OC1(C)C. The molecule has 1 aromatic heterocycles. The number of aromatic nitrogens is 3. The summed E-state index contributed by atoms with van der Waals surface area (Å²) in [7, 11) is -0.677. The first-order valence-corrected chi connectivity index (χ1v) is 12.6. The van der Waals surface area contributed by atoms with Crippen LogP contribution in [-0.2, 0) is 9.31 Å². The van der Waals surface area contributed by atoms with E-state index in [2.05, 4.69) is 66.7 Å². The highest BCUT2D eigenvalue weighted by Crippen LogP contribution is 2.36. The summed E-state index contributed by atoms with van der Waals surface area (Å²) in [5, 5.41) is 2.45. The van der Waals surface area contributed by atoms with Crippen molar-refractivity contribution < 1.29 is 9.31 Å². The van der Waals surface area contributed by atoms with E-state index in [1.54, 1.807) is 0 Å². The first-order valence-electron chi connectivity index (χ1n) is 12.6. The van der Waals surface area contributed by atoms with E-state index in [0.717, 1.165) is 16.7 Å². The van der Waals surface area contributed by atoms with Gasteiger partial charge in [0.25, 0.3) is 0 Å². The molecule has 0 radical (unpaired) electrons. The van der Waals surface area contributed by atoms with Gasteiger partial charge in [-0.05, 0) is 49.6 Å². The van der Waals surface area contributed by atoms with E-state index in [4.69, 9.17) is 24.3 Å². The lowest BCUT2D eigenvalue weighted by Gasteiger charge is -2.32. The third kappa shape index (κ3) is 4.33. The molecule has 6 heteroatoms. The van der Waals surface area contributed by atoms with E-state index in [9.17, 15) is 0 Å². The topological polar surface area (TPSA) is 57.1 Å². The molecule has 1 fully saturated rings. The molecular weight excluding hydrogens is 457 g/mol. The Labute approximate surface area is 217 Å². The van der Waals surface area contributed by atoms with Crippen molar-refractivity contribution in [1.29, 1.82) is 0 Å². The lowest BCUT2D eigenvalue weighted by atomic mass is 9.89. The monoisotopic (exact) mass is 485 g/mol. The van der Waals surface area contributed by atoms with Crippen LogP contribution < -0.4 is 5.72 Å². The van der Waals surface area contributed by atoms with Crippen LogP contribution in [0.15, 0.2) is 97.1 Å². The van der Waals surface area contributed by atoms with E-state index in [1.165, 1.54) is 16.3 Å². The van der Waals surface area contributed by atoms with Gasteiger partial charge in [0.15, 0.2) is 17.4 Å². The van der Waals surface area contributed by atoms with Crippen LogP contribution in [0.5, 0.6) is 0 Å². The highest BCUT2D eigenvalue weighted by Gasteiger charge is 2.53. The van der Waals surface area contributed by atoms with Crippen LogP contribution >= 0.6 is 0 Å². The standard InChI is InChI=1S/C31H28BN3O2/c1-30(2)31(3,4)37-32(36-30)29-34-27(23-12-6-5-7-13-23)33-28(35-29)24-19-17-22(18-20-24)26-16-10-14-21-11-8-9-15-25(21)26/h5-20H,1-4H3. The second kappa shape index (κ2) is 8.91. The minimum Gasteiger partial charge on any atom is -0.397 e. The van der Waals surface area contributed by atoms with E-state index in [0.29, 0.717) is 17.4 Å². The minimum absolute atomic E-state index is 0.473. The lowest BCUT2D eigenvalue weighted by Crippen LogP contribution is -2.41. The summed E-state index contributed by atoms with van der Waals surface area (Å²) < 4.78 is 12.5. The van der Waals surface area contributed by atoms with Gasteiger partial charge in [0.05, 0.1) is 11.2 Å². The summed E-state index contributed by atoms with van der Waals surface area (Å²) in [5.41, 5.74) is 3.65. The molecule has 0 saturated carbocycles. The molecule has 1 aliphatic heterocycles. The van der Waals surface area contributed by atoms with Crippen LogP contribution in [0.3, 0.4) is 0 Å². The average Bonchev–Trinajstić information content (AvgIpc) is 3.15. The molecule has 0 amide bonds. The third-order valence-corrected chi connectivity index (χ3v) is 7.39. The Morgan fingerprint density at radius 2 is 1.08 bits per heavy atom. The summed E-state index contributed by atoms with van der Waals surface area (Å²) in [6.45, 7) is 8.11. The fraction of sp³-hybridized carbons (Fsp3) is 0.194. The molecule has 0 unspecified atom stereocenters. The van der Waals surface area contributed by atoms with Gasteiger partial charge in [0.2, 0.25) is 0 Å². The smallest absolute Gasteiger partial charge is 0.397 e. The molecule has 0 N–H and O–H groups in total. The second-order valence-electron chi connectivity index (χ2n) is 10.4. The number of rotatable bonds is 4. The number of hydrogen-bond acceptors (Lipinski definition) is 5. The molecule has 0 aliphatic carbocycles. The molecule has 4 aromatic carbocycles. The van der Waals surface area contributed by atoms with Crippen molar-refractivity contribution in [2.45, 2.75) is 38.9 Å². The van der Waals surface area contributed by atoms with Gasteiger partial charge in [-0.2, -0.15) is 0 Å². The quantitative estimate of drug-likeness (QED) is 0.279.